The largest absolute Gasteiger partial charge is 0.436 e. The number of nitrogens with one attached hydrogen (secondary N) is 1. The Morgan fingerprint density at radius 3 is 2.92 bits per heavy atom. The van der Waals surface area contributed by atoms with Crippen LogP contribution in [0.5, 0.6) is 0 Å². The normalized spacial score (nSPS) is 19.1. The number of carbonyl (C=O) groups excluding carboxylic acids is 1. The number of sulfonamides is 1. The van der Waals surface area contributed by atoms with E-state index in [1.54, 1.807) is 24.3 Å². The first-order valence-corrected chi connectivity index (χ1v) is 12.9. The lowest BCUT2D eigenvalue weighted by molar-refractivity contribution is -0.108. The van der Waals surface area contributed by atoms with Crippen LogP contribution in [-0.4, -0.2) is 76.0 Å². The molecule has 3 aromatic rings. The Labute approximate surface area is 207 Å². The van der Waals surface area contributed by atoms with Crippen LogP contribution in [0.3, 0.4) is 0 Å². The second kappa shape index (κ2) is 9.41. The molecule has 1 saturated heterocycles. The number of aromatic amines is 1. The van der Waals surface area contributed by atoms with E-state index < -0.39 is 22.0 Å². The third-order valence-electron chi connectivity index (χ3n) is 6.57. The molecule has 11 nitrogen and oxygen atoms in total. The van der Waals surface area contributed by atoms with Crippen molar-refractivity contribution < 1.29 is 22.8 Å². The first-order valence-electron chi connectivity index (χ1n) is 11.5. The van der Waals surface area contributed by atoms with Crippen LogP contribution in [0.1, 0.15) is 40.5 Å². The molecule has 1 unspecified atom stereocenters. The van der Waals surface area contributed by atoms with E-state index in [1.165, 1.54) is 9.21 Å². The number of hydrogen-bond donors (Lipinski definition) is 2. The van der Waals surface area contributed by atoms with Gasteiger partial charge in [-0.25, -0.2) is 13.4 Å². The lowest BCUT2D eigenvalue weighted by Crippen LogP contribution is -2.56. The number of terminal acetylenes is 1. The number of nitriles is 1. The van der Waals surface area contributed by atoms with Gasteiger partial charge < -0.3 is 19.5 Å². The van der Waals surface area contributed by atoms with Crippen LogP contribution < -0.4 is 0 Å². The van der Waals surface area contributed by atoms with Crippen LogP contribution in [0.4, 0.5) is 0 Å². The quantitative estimate of drug-likeness (QED) is 0.495. The van der Waals surface area contributed by atoms with Gasteiger partial charge in [-0.05, 0) is 30.7 Å². The molecule has 36 heavy (non-hydrogen) atoms. The summed E-state index contributed by atoms with van der Waals surface area (Å²) in [5.41, 5.74) is 1.93. The minimum Gasteiger partial charge on any atom is -0.436 e. The Hall–Kier alpha value is -3.68. The number of aromatic nitrogens is 2. The van der Waals surface area contributed by atoms with Gasteiger partial charge >= 0.3 is 5.91 Å². The highest BCUT2D eigenvalue weighted by Gasteiger charge is 2.39. The van der Waals surface area contributed by atoms with E-state index in [1.807, 2.05) is 0 Å². The molecule has 4 heterocycles. The highest BCUT2D eigenvalue weighted by molar-refractivity contribution is 7.89. The third-order valence-corrected chi connectivity index (χ3v) is 8.36. The lowest BCUT2D eigenvalue weighted by Gasteiger charge is -2.39. The van der Waals surface area contributed by atoms with Crippen LogP contribution >= 0.6 is 0 Å². The standard InChI is InChI=1S/C24H24N6O5S/c1-2-16-5-6-19-17(12-16)13-22(26-19)36(33,34)29-10-11-30(18(14-29)4-3-8-25)24(31)23-27-20-7-9-28(32)15-21(20)35-23/h1,5-6,12-13,18,26,32H,3-4,7,9-11,14-15H2. The number of hydrogen-bond acceptors (Lipinski definition) is 8. The molecule has 2 aliphatic heterocycles. The molecule has 2 N–H and O–H groups in total. The fourth-order valence-corrected chi connectivity index (χ4v) is 6.14. The maximum absolute atomic E-state index is 13.5. The van der Waals surface area contributed by atoms with Gasteiger partial charge in [-0.1, -0.05) is 5.92 Å². The highest BCUT2D eigenvalue weighted by Crippen LogP contribution is 2.27. The van der Waals surface area contributed by atoms with Crippen molar-refractivity contribution in [1.82, 2.24) is 24.2 Å². The van der Waals surface area contributed by atoms with E-state index in [-0.39, 0.29) is 43.5 Å². The summed E-state index contributed by atoms with van der Waals surface area (Å²) in [6.07, 6.45) is 6.37. The van der Waals surface area contributed by atoms with Gasteiger partial charge in [0.25, 0.3) is 15.9 Å². The number of H-pyrrole nitrogens is 1. The third kappa shape index (κ3) is 4.36. The minimum absolute atomic E-state index is 0.0333. The zero-order valence-electron chi connectivity index (χ0n) is 19.3. The lowest BCUT2D eigenvalue weighted by atomic mass is 10.1. The summed E-state index contributed by atoms with van der Waals surface area (Å²) in [5.74, 6) is 2.43. The average molecular weight is 509 g/mol. The molecule has 0 radical (unpaired) electrons. The van der Waals surface area contributed by atoms with Crippen molar-refractivity contribution in [2.24, 2.45) is 0 Å². The van der Waals surface area contributed by atoms with Gasteiger partial charge in [-0.2, -0.15) is 14.6 Å². The van der Waals surface area contributed by atoms with Crippen LogP contribution in [0.2, 0.25) is 0 Å². The topological polar surface area (TPSA) is 147 Å². The van der Waals surface area contributed by atoms with Crippen molar-refractivity contribution in [3.05, 3.63) is 47.2 Å². The number of nitrogens with zero attached hydrogens (tertiary/aromatic N) is 5. The summed E-state index contributed by atoms with van der Waals surface area (Å²) >= 11 is 0. The van der Waals surface area contributed by atoms with Gasteiger partial charge in [0.15, 0.2) is 0 Å². The molecule has 0 spiro atoms. The fourth-order valence-electron chi connectivity index (χ4n) is 4.66. The van der Waals surface area contributed by atoms with Crippen molar-refractivity contribution >= 4 is 26.8 Å². The zero-order chi connectivity index (χ0) is 25.4. The van der Waals surface area contributed by atoms with E-state index in [0.29, 0.717) is 47.3 Å². The molecule has 1 atom stereocenters. The van der Waals surface area contributed by atoms with Gasteiger partial charge in [-0.3, -0.25) is 4.79 Å². The fraction of sp³-hybridized carbons (Fsp3) is 0.375. The molecule has 2 aliphatic rings. The maximum atomic E-state index is 13.5. The zero-order valence-corrected chi connectivity index (χ0v) is 20.2. The number of piperazine rings is 1. The summed E-state index contributed by atoms with van der Waals surface area (Å²) in [6, 6.07) is 8.30. The maximum Gasteiger partial charge on any atom is 0.310 e. The molecule has 1 amide bonds. The van der Waals surface area contributed by atoms with E-state index in [2.05, 4.69) is 22.0 Å². The molecule has 5 rings (SSSR count). The van der Waals surface area contributed by atoms with Gasteiger partial charge in [0.2, 0.25) is 0 Å². The summed E-state index contributed by atoms with van der Waals surface area (Å²) in [5, 5.41) is 20.7. The molecule has 1 aromatic carbocycles. The minimum atomic E-state index is -3.89. The molecular formula is C24H24N6O5S. The molecule has 0 saturated carbocycles. The van der Waals surface area contributed by atoms with Gasteiger partial charge in [0.05, 0.1) is 18.3 Å². The number of amides is 1. The van der Waals surface area contributed by atoms with Crippen LogP contribution in [0.15, 0.2) is 33.7 Å². The molecule has 0 bridgehead atoms. The summed E-state index contributed by atoms with van der Waals surface area (Å²) in [4.78, 5) is 22.1. The summed E-state index contributed by atoms with van der Waals surface area (Å²) < 4.78 is 33.9. The number of rotatable bonds is 5. The number of fused-ring (bicyclic) bond motifs is 2. The second-order valence-electron chi connectivity index (χ2n) is 8.82. The highest BCUT2D eigenvalue weighted by atomic mass is 32.2. The second-order valence-corrected chi connectivity index (χ2v) is 10.7. The monoisotopic (exact) mass is 508 g/mol. The average Bonchev–Trinajstić information content (AvgIpc) is 3.50. The molecular weight excluding hydrogens is 484 g/mol. The van der Waals surface area contributed by atoms with Crippen molar-refractivity contribution in [2.75, 3.05) is 26.2 Å². The molecule has 12 heteroatoms. The Bertz CT molecular complexity index is 1510. The van der Waals surface area contributed by atoms with Gasteiger partial charge in [0, 0.05) is 61.5 Å². The summed E-state index contributed by atoms with van der Waals surface area (Å²) in [7, 11) is -3.89. The van der Waals surface area contributed by atoms with Gasteiger partial charge in [0.1, 0.15) is 10.8 Å². The Morgan fingerprint density at radius 2 is 2.14 bits per heavy atom. The Balaban J connectivity index is 1.38. The Kier molecular flexibility index (Phi) is 6.28. The predicted molar refractivity (Wildman–Crippen MR) is 127 cm³/mol. The Morgan fingerprint density at radius 1 is 1.31 bits per heavy atom. The van der Waals surface area contributed by atoms with Gasteiger partial charge in [-0.15, -0.1) is 6.42 Å². The van der Waals surface area contributed by atoms with Crippen molar-refractivity contribution in [3.63, 3.8) is 0 Å². The van der Waals surface area contributed by atoms with E-state index in [9.17, 15) is 18.4 Å². The predicted octanol–water partition coefficient (Wildman–Crippen LogP) is 1.70. The van der Waals surface area contributed by atoms with Crippen LogP contribution in [0.25, 0.3) is 10.9 Å². The van der Waals surface area contributed by atoms with Crippen molar-refractivity contribution in [2.45, 2.75) is 36.9 Å². The summed E-state index contributed by atoms with van der Waals surface area (Å²) in [6.45, 7) is 0.770. The number of hydroxylamine groups is 2. The molecule has 0 aliphatic carbocycles. The first-order chi connectivity index (χ1) is 17.3. The first kappa shape index (κ1) is 24.0. The number of oxazole rings is 1. The molecule has 186 valence electrons. The number of benzene rings is 1. The van der Waals surface area contributed by atoms with Crippen LogP contribution in [-0.2, 0) is 23.0 Å². The van der Waals surface area contributed by atoms with Crippen molar-refractivity contribution in [3.8, 4) is 18.4 Å². The SMILES string of the molecule is C#Cc1ccc2[nH]c(S(=O)(=O)N3CCN(C(=O)c4nc5c(o4)CN(O)CC5)C(CCC#N)C3)cc2c1. The van der Waals surface area contributed by atoms with Crippen LogP contribution in [0, 0.1) is 23.7 Å². The molecule has 1 fully saturated rings. The van der Waals surface area contributed by atoms with E-state index >= 15 is 0 Å². The number of carbonyl (C=O) groups is 1. The van der Waals surface area contributed by atoms with E-state index in [0.717, 1.165) is 5.06 Å². The molecule has 2 aromatic heterocycles. The van der Waals surface area contributed by atoms with Crippen molar-refractivity contribution in [1.29, 1.82) is 5.26 Å². The smallest absolute Gasteiger partial charge is 0.310 e. The van der Waals surface area contributed by atoms with E-state index in [4.69, 9.17) is 16.1 Å².